The van der Waals surface area contributed by atoms with Gasteiger partial charge in [0.05, 0.1) is 6.61 Å². The van der Waals surface area contributed by atoms with E-state index in [1.807, 2.05) is 24.3 Å². The molecule has 1 aromatic rings. The highest BCUT2D eigenvalue weighted by Gasteiger charge is 2.19. The van der Waals surface area contributed by atoms with Gasteiger partial charge in [0.15, 0.2) is 0 Å². The molecule has 1 aliphatic rings. The van der Waals surface area contributed by atoms with Gasteiger partial charge in [0.2, 0.25) is 0 Å². The predicted molar refractivity (Wildman–Crippen MR) is 56.0 cm³/mol. The summed E-state index contributed by atoms with van der Waals surface area (Å²) in [7, 11) is 0. The minimum atomic E-state index is -0.728. The van der Waals surface area contributed by atoms with E-state index in [1.165, 1.54) is 5.56 Å². The summed E-state index contributed by atoms with van der Waals surface area (Å²) in [4.78, 5) is 10.4. The third-order valence-electron chi connectivity index (χ3n) is 2.72. The van der Waals surface area contributed by atoms with Crippen LogP contribution in [0.4, 0.5) is 0 Å². The number of hydrogen-bond donors (Lipinski definition) is 1. The van der Waals surface area contributed by atoms with Crippen LogP contribution in [0.1, 0.15) is 18.4 Å². The first-order chi connectivity index (χ1) is 7.25. The highest BCUT2D eigenvalue weighted by Crippen LogP contribution is 2.28. The number of para-hydroxylation sites is 1. The number of ether oxygens (including phenoxy) is 1. The monoisotopic (exact) mass is 206 g/mol. The zero-order valence-electron chi connectivity index (χ0n) is 8.48. The molecule has 1 heterocycles. The number of hydrogen-bond acceptors (Lipinski definition) is 2. The first-order valence-electron chi connectivity index (χ1n) is 5.18. The Balaban J connectivity index is 1.96. The maximum atomic E-state index is 10.4. The normalized spacial score (nSPS) is 19.1. The summed E-state index contributed by atoms with van der Waals surface area (Å²) in [6.07, 6.45) is 1.86. The number of aliphatic carboxylic acids is 1. The zero-order chi connectivity index (χ0) is 10.7. The highest BCUT2D eigenvalue weighted by atomic mass is 16.5. The van der Waals surface area contributed by atoms with Gasteiger partial charge in [0.25, 0.3) is 0 Å². The Bertz CT molecular complexity index is 360. The molecule has 1 N–H and O–H groups in total. The van der Waals surface area contributed by atoms with Crippen molar-refractivity contribution in [3.05, 3.63) is 29.8 Å². The molecule has 80 valence electrons. The smallest absolute Gasteiger partial charge is 0.303 e. The average Bonchev–Trinajstić information content (AvgIpc) is 2.26. The minimum absolute atomic E-state index is 0.232. The minimum Gasteiger partial charge on any atom is -0.493 e. The van der Waals surface area contributed by atoms with Crippen molar-refractivity contribution >= 4 is 5.97 Å². The van der Waals surface area contributed by atoms with Gasteiger partial charge >= 0.3 is 5.97 Å². The molecule has 0 aromatic heterocycles. The molecule has 1 unspecified atom stereocenters. The molecule has 0 amide bonds. The third kappa shape index (κ3) is 2.49. The number of rotatable bonds is 3. The number of carboxylic acids is 1. The van der Waals surface area contributed by atoms with Crippen LogP contribution in [0.3, 0.4) is 0 Å². The van der Waals surface area contributed by atoms with Crippen molar-refractivity contribution in [1.29, 1.82) is 0 Å². The van der Waals surface area contributed by atoms with Crippen molar-refractivity contribution in [2.45, 2.75) is 19.3 Å². The number of carboxylic acid groups (broad SMARTS) is 1. The lowest BCUT2D eigenvalue weighted by molar-refractivity contribution is -0.137. The quantitative estimate of drug-likeness (QED) is 0.823. The molecule has 3 nitrogen and oxygen atoms in total. The van der Waals surface area contributed by atoms with E-state index in [9.17, 15) is 4.79 Å². The topological polar surface area (TPSA) is 46.5 Å². The summed E-state index contributed by atoms with van der Waals surface area (Å²) in [5.74, 6) is 0.564. The van der Waals surface area contributed by atoms with Crippen LogP contribution in [0.15, 0.2) is 24.3 Å². The second kappa shape index (κ2) is 4.34. The van der Waals surface area contributed by atoms with Crippen molar-refractivity contribution in [1.82, 2.24) is 0 Å². The fraction of sp³-hybridized carbons (Fsp3) is 0.417. The summed E-state index contributed by atoms with van der Waals surface area (Å²) < 4.78 is 5.58. The molecule has 0 bridgehead atoms. The summed E-state index contributed by atoms with van der Waals surface area (Å²) in [6, 6.07) is 7.95. The molecule has 0 saturated heterocycles. The van der Waals surface area contributed by atoms with Crippen LogP contribution in [0.25, 0.3) is 0 Å². The Hall–Kier alpha value is -1.51. The third-order valence-corrected chi connectivity index (χ3v) is 2.72. The molecule has 3 heteroatoms. The fourth-order valence-electron chi connectivity index (χ4n) is 1.90. The van der Waals surface area contributed by atoms with Gasteiger partial charge < -0.3 is 9.84 Å². The molecule has 1 aromatic carbocycles. The Kier molecular flexibility index (Phi) is 2.90. The zero-order valence-corrected chi connectivity index (χ0v) is 8.48. The molecular formula is C12H14O3. The van der Waals surface area contributed by atoms with E-state index in [4.69, 9.17) is 9.84 Å². The van der Waals surface area contributed by atoms with Crippen molar-refractivity contribution in [3.63, 3.8) is 0 Å². The molecule has 0 aliphatic carbocycles. The second-order valence-electron chi connectivity index (χ2n) is 3.92. The molecule has 15 heavy (non-hydrogen) atoms. The molecule has 1 aliphatic heterocycles. The van der Waals surface area contributed by atoms with Gasteiger partial charge in [-0.15, -0.1) is 0 Å². The summed E-state index contributed by atoms with van der Waals surface area (Å²) in [6.45, 7) is 0.643. The number of benzene rings is 1. The summed E-state index contributed by atoms with van der Waals surface area (Å²) in [5, 5.41) is 8.60. The van der Waals surface area contributed by atoms with E-state index < -0.39 is 5.97 Å². The fourth-order valence-corrected chi connectivity index (χ4v) is 1.90. The highest BCUT2D eigenvalue weighted by molar-refractivity contribution is 5.66. The lowest BCUT2D eigenvalue weighted by atomic mass is 9.93. The van der Waals surface area contributed by atoms with Gasteiger partial charge in [-0.25, -0.2) is 0 Å². The molecule has 0 spiro atoms. The lowest BCUT2D eigenvalue weighted by Gasteiger charge is -2.24. The van der Waals surface area contributed by atoms with E-state index in [2.05, 4.69) is 0 Å². The van der Waals surface area contributed by atoms with Crippen molar-refractivity contribution < 1.29 is 14.6 Å². The molecular weight excluding hydrogens is 192 g/mol. The van der Waals surface area contributed by atoms with E-state index in [1.54, 1.807) is 0 Å². The molecule has 0 saturated carbocycles. The Morgan fingerprint density at radius 3 is 3.07 bits per heavy atom. The SMILES string of the molecule is O=C(O)CCC1COc2ccccc2C1. The largest absolute Gasteiger partial charge is 0.493 e. The number of fused-ring (bicyclic) bond motifs is 1. The van der Waals surface area contributed by atoms with Gasteiger partial charge in [0.1, 0.15) is 5.75 Å². The van der Waals surface area contributed by atoms with E-state index in [0.29, 0.717) is 18.9 Å². The van der Waals surface area contributed by atoms with Gasteiger partial charge in [0, 0.05) is 6.42 Å². The van der Waals surface area contributed by atoms with Crippen LogP contribution in [-0.4, -0.2) is 17.7 Å². The number of carbonyl (C=O) groups is 1. The van der Waals surface area contributed by atoms with Crippen LogP contribution in [-0.2, 0) is 11.2 Å². The van der Waals surface area contributed by atoms with E-state index >= 15 is 0 Å². The first-order valence-corrected chi connectivity index (χ1v) is 5.18. The average molecular weight is 206 g/mol. The van der Waals surface area contributed by atoms with Gasteiger partial charge in [-0.1, -0.05) is 18.2 Å². The first kappa shape index (κ1) is 10.0. The maximum absolute atomic E-state index is 10.4. The van der Waals surface area contributed by atoms with Gasteiger partial charge in [-0.3, -0.25) is 4.79 Å². The Morgan fingerprint density at radius 2 is 2.27 bits per heavy atom. The van der Waals surface area contributed by atoms with Crippen LogP contribution in [0.5, 0.6) is 5.75 Å². The molecule has 0 fully saturated rings. The van der Waals surface area contributed by atoms with Crippen LogP contribution >= 0.6 is 0 Å². The van der Waals surface area contributed by atoms with E-state index in [0.717, 1.165) is 12.2 Å². The van der Waals surface area contributed by atoms with Crippen molar-refractivity contribution in [2.24, 2.45) is 5.92 Å². The molecule has 0 radical (unpaired) electrons. The second-order valence-corrected chi connectivity index (χ2v) is 3.92. The standard InChI is InChI=1S/C12H14O3/c13-12(14)6-5-9-7-10-3-1-2-4-11(10)15-8-9/h1-4,9H,5-8H2,(H,13,14). The van der Waals surface area contributed by atoms with Gasteiger partial charge in [-0.2, -0.15) is 0 Å². The summed E-state index contributed by atoms with van der Waals surface area (Å²) in [5.41, 5.74) is 1.19. The van der Waals surface area contributed by atoms with Crippen molar-refractivity contribution in [2.75, 3.05) is 6.61 Å². The molecule has 1 atom stereocenters. The predicted octanol–water partition coefficient (Wildman–Crippen LogP) is 2.10. The van der Waals surface area contributed by atoms with E-state index in [-0.39, 0.29) is 6.42 Å². The maximum Gasteiger partial charge on any atom is 0.303 e. The lowest BCUT2D eigenvalue weighted by Crippen LogP contribution is -2.21. The van der Waals surface area contributed by atoms with Crippen LogP contribution in [0.2, 0.25) is 0 Å². The summed E-state index contributed by atoms with van der Waals surface area (Å²) >= 11 is 0. The Labute approximate surface area is 88.7 Å². The van der Waals surface area contributed by atoms with Gasteiger partial charge in [-0.05, 0) is 30.4 Å². The molecule has 2 rings (SSSR count). The van der Waals surface area contributed by atoms with Crippen LogP contribution < -0.4 is 4.74 Å². The van der Waals surface area contributed by atoms with Crippen molar-refractivity contribution in [3.8, 4) is 5.75 Å². The Morgan fingerprint density at radius 1 is 1.47 bits per heavy atom. The van der Waals surface area contributed by atoms with Crippen LogP contribution in [0, 0.1) is 5.92 Å².